The lowest BCUT2D eigenvalue weighted by Crippen LogP contribution is -1.99. The van der Waals surface area contributed by atoms with E-state index in [2.05, 4.69) is 32.6 Å². The van der Waals surface area contributed by atoms with Gasteiger partial charge in [0.1, 0.15) is 5.82 Å². The molecule has 2 heterocycles. The van der Waals surface area contributed by atoms with Gasteiger partial charge in [-0.1, -0.05) is 6.92 Å². The Labute approximate surface area is 100 Å². The molecule has 0 saturated carbocycles. The van der Waals surface area contributed by atoms with Crippen molar-refractivity contribution < 1.29 is 0 Å². The molecule has 0 unspecified atom stereocenters. The van der Waals surface area contributed by atoms with Crippen molar-refractivity contribution >= 4 is 17.3 Å². The largest absolute Gasteiger partial charge is 0.372 e. The average molecular weight is 232 g/mol. The molecule has 0 saturated heterocycles. The molecule has 17 heavy (non-hydrogen) atoms. The molecule has 0 amide bonds. The highest BCUT2D eigenvalue weighted by Crippen LogP contribution is 2.18. The number of rotatable bonds is 4. The third-order valence-corrected chi connectivity index (χ3v) is 2.39. The van der Waals surface area contributed by atoms with E-state index in [1.807, 2.05) is 20.3 Å². The van der Waals surface area contributed by atoms with E-state index in [4.69, 9.17) is 0 Å². The minimum atomic E-state index is 0.708. The second-order valence-corrected chi connectivity index (χ2v) is 3.68. The van der Waals surface area contributed by atoms with Gasteiger partial charge in [-0.3, -0.25) is 9.67 Å². The summed E-state index contributed by atoms with van der Waals surface area (Å²) in [6.45, 7) is 2.07. The van der Waals surface area contributed by atoms with Crippen molar-refractivity contribution in [3.8, 4) is 0 Å². The van der Waals surface area contributed by atoms with Crippen LogP contribution in [-0.2, 0) is 13.5 Å². The van der Waals surface area contributed by atoms with Crippen LogP contribution in [-0.4, -0.2) is 26.8 Å². The van der Waals surface area contributed by atoms with Crippen molar-refractivity contribution in [3.63, 3.8) is 0 Å². The highest BCUT2D eigenvalue weighted by Gasteiger charge is 2.06. The van der Waals surface area contributed by atoms with Gasteiger partial charge in [-0.2, -0.15) is 5.10 Å². The highest BCUT2D eigenvalue weighted by molar-refractivity contribution is 5.58. The van der Waals surface area contributed by atoms with E-state index in [1.165, 1.54) is 0 Å². The molecular formula is C11H16N6. The van der Waals surface area contributed by atoms with Crippen LogP contribution in [0.1, 0.15) is 12.6 Å². The molecule has 6 heteroatoms. The number of aryl methyl sites for hydroxylation is 2. The lowest BCUT2D eigenvalue weighted by atomic mass is 10.3. The van der Waals surface area contributed by atoms with E-state index in [9.17, 15) is 0 Å². The summed E-state index contributed by atoms with van der Waals surface area (Å²) < 4.78 is 1.79. The van der Waals surface area contributed by atoms with Gasteiger partial charge in [-0.15, -0.1) is 0 Å². The van der Waals surface area contributed by atoms with Crippen LogP contribution in [0.4, 0.5) is 17.3 Å². The molecule has 0 bridgehead atoms. The summed E-state index contributed by atoms with van der Waals surface area (Å²) in [6.07, 6.45) is 6.18. The van der Waals surface area contributed by atoms with E-state index in [1.54, 1.807) is 17.1 Å². The lowest BCUT2D eigenvalue weighted by molar-refractivity contribution is 0.746. The predicted octanol–water partition coefficient (Wildman–Crippen LogP) is 1.56. The monoisotopic (exact) mass is 232 g/mol. The lowest BCUT2D eigenvalue weighted by Gasteiger charge is -2.05. The normalized spacial score (nSPS) is 10.3. The summed E-state index contributed by atoms with van der Waals surface area (Å²) in [5, 5.41) is 10.5. The minimum absolute atomic E-state index is 0.708. The summed E-state index contributed by atoms with van der Waals surface area (Å²) in [6, 6.07) is 0. The molecule has 0 aliphatic rings. The molecule has 6 nitrogen and oxygen atoms in total. The Hall–Kier alpha value is -2.11. The Kier molecular flexibility index (Phi) is 3.22. The van der Waals surface area contributed by atoms with E-state index < -0.39 is 0 Å². The molecule has 0 aliphatic carbocycles. The maximum atomic E-state index is 4.36. The molecule has 0 spiro atoms. The molecular weight excluding hydrogens is 216 g/mol. The first kappa shape index (κ1) is 11.4. The summed E-state index contributed by atoms with van der Waals surface area (Å²) in [7, 11) is 3.72. The second-order valence-electron chi connectivity index (χ2n) is 3.68. The van der Waals surface area contributed by atoms with Gasteiger partial charge in [0.2, 0.25) is 0 Å². The molecule has 90 valence electrons. The second kappa shape index (κ2) is 4.82. The van der Waals surface area contributed by atoms with Gasteiger partial charge in [0, 0.05) is 20.3 Å². The Morgan fingerprint density at radius 1 is 1.29 bits per heavy atom. The topological polar surface area (TPSA) is 67.7 Å². The van der Waals surface area contributed by atoms with Crippen LogP contribution >= 0.6 is 0 Å². The van der Waals surface area contributed by atoms with Crippen LogP contribution in [0, 0.1) is 0 Å². The van der Waals surface area contributed by atoms with Crippen LogP contribution in [0.25, 0.3) is 0 Å². The van der Waals surface area contributed by atoms with Gasteiger partial charge < -0.3 is 10.6 Å². The Balaban J connectivity index is 2.24. The Bertz CT molecular complexity index is 504. The van der Waals surface area contributed by atoms with Crippen LogP contribution in [0.2, 0.25) is 0 Å². The molecule has 2 N–H and O–H groups in total. The zero-order valence-electron chi connectivity index (χ0n) is 10.2. The summed E-state index contributed by atoms with van der Waals surface area (Å²) in [5.74, 6) is 1.44. The number of nitrogens with one attached hydrogen (secondary N) is 2. The fourth-order valence-corrected chi connectivity index (χ4v) is 1.58. The number of hydrogen-bond donors (Lipinski definition) is 2. The molecule has 2 rings (SSSR count). The number of anilines is 3. The molecule has 2 aromatic rings. The van der Waals surface area contributed by atoms with Gasteiger partial charge in [0.05, 0.1) is 23.8 Å². The molecule has 2 aromatic heterocycles. The first-order valence-corrected chi connectivity index (χ1v) is 5.52. The smallest absolute Gasteiger partial charge is 0.151 e. The standard InChI is InChI=1S/C11H16N6/c1-4-8-9(7-17(3)16-8)14-11-6-13-5-10(12-2)15-11/h5-7H,4H2,1-3H3,(H2,12,14,15). The number of hydrogen-bond acceptors (Lipinski definition) is 5. The van der Waals surface area contributed by atoms with E-state index in [0.29, 0.717) is 5.82 Å². The van der Waals surface area contributed by atoms with Crippen molar-refractivity contribution in [2.75, 3.05) is 17.7 Å². The summed E-state index contributed by atoms with van der Waals surface area (Å²) in [4.78, 5) is 8.45. The molecule has 0 aromatic carbocycles. The van der Waals surface area contributed by atoms with Gasteiger partial charge in [0.25, 0.3) is 0 Å². The maximum absolute atomic E-state index is 4.36. The van der Waals surface area contributed by atoms with E-state index in [0.717, 1.165) is 23.6 Å². The van der Waals surface area contributed by atoms with Crippen LogP contribution in [0.15, 0.2) is 18.6 Å². The molecule has 0 radical (unpaired) electrons. The van der Waals surface area contributed by atoms with Crippen molar-refractivity contribution in [1.82, 2.24) is 19.7 Å². The van der Waals surface area contributed by atoms with Gasteiger partial charge >= 0.3 is 0 Å². The van der Waals surface area contributed by atoms with Crippen molar-refractivity contribution in [2.24, 2.45) is 7.05 Å². The quantitative estimate of drug-likeness (QED) is 0.837. The fourth-order valence-electron chi connectivity index (χ4n) is 1.58. The third-order valence-electron chi connectivity index (χ3n) is 2.39. The maximum Gasteiger partial charge on any atom is 0.151 e. The zero-order valence-corrected chi connectivity index (χ0v) is 10.2. The van der Waals surface area contributed by atoms with E-state index in [-0.39, 0.29) is 0 Å². The summed E-state index contributed by atoms with van der Waals surface area (Å²) >= 11 is 0. The fraction of sp³-hybridized carbons (Fsp3) is 0.364. The first-order valence-electron chi connectivity index (χ1n) is 5.52. The molecule has 0 aliphatic heterocycles. The average Bonchev–Trinajstić information content (AvgIpc) is 2.69. The van der Waals surface area contributed by atoms with Crippen LogP contribution < -0.4 is 10.6 Å². The molecule has 0 atom stereocenters. The Morgan fingerprint density at radius 3 is 2.76 bits per heavy atom. The van der Waals surface area contributed by atoms with E-state index >= 15 is 0 Å². The van der Waals surface area contributed by atoms with Gasteiger partial charge in [-0.05, 0) is 6.42 Å². The van der Waals surface area contributed by atoms with Crippen LogP contribution in [0.5, 0.6) is 0 Å². The van der Waals surface area contributed by atoms with Crippen molar-refractivity contribution in [1.29, 1.82) is 0 Å². The summed E-state index contributed by atoms with van der Waals surface area (Å²) in [5.41, 5.74) is 1.99. The van der Waals surface area contributed by atoms with Gasteiger partial charge in [0.15, 0.2) is 5.82 Å². The number of aromatic nitrogens is 4. The van der Waals surface area contributed by atoms with Crippen molar-refractivity contribution in [3.05, 3.63) is 24.3 Å². The molecule has 0 fully saturated rings. The van der Waals surface area contributed by atoms with Crippen LogP contribution in [0.3, 0.4) is 0 Å². The Morgan fingerprint density at radius 2 is 2.06 bits per heavy atom. The minimum Gasteiger partial charge on any atom is -0.372 e. The third kappa shape index (κ3) is 2.52. The SMILES string of the molecule is CCc1nn(C)cc1Nc1cncc(NC)n1. The zero-order chi connectivity index (χ0) is 12.3. The number of nitrogens with zero attached hydrogens (tertiary/aromatic N) is 4. The predicted molar refractivity (Wildman–Crippen MR) is 67.4 cm³/mol. The van der Waals surface area contributed by atoms with Gasteiger partial charge in [-0.25, -0.2) is 4.98 Å². The highest BCUT2D eigenvalue weighted by atomic mass is 15.3. The van der Waals surface area contributed by atoms with Crippen molar-refractivity contribution in [2.45, 2.75) is 13.3 Å². The first-order chi connectivity index (χ1) is 8.22.